The molecule has 0 spiro atoms. The SMILES string of the molecule is c1ccc(-c2ccc(N(c3cccc(-c4ccccc4)c3)c3ccc4c(c3)-c3ccccc3Oc3ccc5ccccc5c3-4)cc2)cc1. The average Bonchev–Trinajstić information content (AvgIpc) is 3.30. The number of benzene rings is 8. The topological polar surface area (TPSA) is 12.5 Å². The van der Waals surface area contributed by atoms with E-state index in [1.165, 1.54) is 33.0 Å². The van der Waals surface area contributed by atoms with Gasteiger partial charge in [0.05, 0.1) is 0 Å². The van der Waals surface area contributed by atoms with Gasteiger partial charge in [-0.05, 0) is 92.7 Å². The first-order chi connectivity index (χ1) is 23.8. The van der Waals surface area contributed by atoms with Crippen LogP contribution in [0.5, 0.6) is 11.5 Å². The smallest absolute Gasteiger partial charge is 0.135 e. The van der Waals surface area contributed by atoms with Crippen LogP contribution in [-0.4, -0.2) is 0 Å². The molecule has 0 saturated carbocycles. The molecule has 0 amide bonds. The quantitative estimate of drug-likeness (QED) is 0.191. The van der Waals surface area contributed by atoms with Crippen molar-refractivity contribution in [2.24, 2.45) is 0 Å². The molecular weight excluding hydrogens is 583 g/mol. The molecule has 2 nitrogen and oxygen atoms in total. The molecule has 0 aliphatic carbocycles. The highest BCUT2D eigenvalue weighted by Gasteiger charge is 2.24. The Labute approximate surface area is 280 Å². The van der Waals surface area contributed by atoms with Crippen LogP contribution in [0.15, 0.2) is 188 Å². The van der Waals surface area contributed by atoms with Crippen molar-refractivity contribution < 1.29 is 4.74 Å². The number of anilines is 3. The van der Waals surface area contributed by atoms with E-state index in [0.717, 1.165) is 50.8 Å². The number of rotatable bonds is 5. The maximum atomic E-state index is 6.67. The lowest BCUT2D eigenvalue weighted by atomic mass is 9.90. The lowest BCUT2D eigenvalue weighted by Gasteiger charge is -2.27. The van der Waals surface area contributed by atoms with Gasteiger partial charge in [0.15, 0.2) is 0 Å². The van der Waals surface area contributed by atoms with E-state index < -0.39 is 0 Å². The summed E-state index contributed by atoms with van der Waals surface area (Å²) < 4.78 is 6.67. The zero-order valence-corrected chi connectivity index (χ0v) is 26.3. The lowest BCUT2D eigenvalue weighted by molar-refractivity contribution is 0.488. The molecule has 1 heterocycles. The van der Waals surface area contributed by atoms with Gasteiger partial charge in [-0.3, -0.25) is 0 Å². The van der Waals surface area contributed by atoms with Crippen molar-refractivity contribution in [3.63, 3.8) is 0 Å². The van der Waals surface area contributed by atoms with Gasteiger partial charge >= 0.3 is 0 Å². The van der Waals surface area contributed by atoms with E-state index in [9.17, 15) is 0 Å². The molecule has 0 N–H and O–H groups in total. The summed E-state index contributed by atoms with van der Waals surface area (Å²) in [7, 11) is 0. The molecule has 9 rings (SSSR count). The molecule has 1 aliphatic heterocycles. The van der Waals surface area contributed by atoms with Gasteiger partial charge in [0, 0.05) is 28.2 Å². The second-order valence-corrected chi connectivity index (χ2v) is 12.2. The van der Waals surface area contributed by atoms with E-state index in [0.29, 0.717) is 0 Å². The molecule has 0 unspecified atom stereocenters. The first-order valence-corrected chi connectivity index (χ1v) is 16.3. The predicted molar refractivity (Wildman–Crippen MR) is 200 cm³/mol. The third kappa shape index (κ3) is 4.92. The Balaban J connectivity index is 1.26. The molecule has 8 aromatic carbocycles. The van der Waals surface area contributed by atoms with Crippen molar-refractivity contribution in [3.05, 3.63) is 188 Å². The molecule has 48 heavy (non-hydrogen) atoms. The van der Waals surface area contributed by atoms with Crippen molar-refractivity contribution >= 4 is 27.8 Å². The van der Waals surface area contributed by atoms with Crippen LogP contribution in [0.2, 0.25) is 0 Å². The van der Waals surface area contributed by atoms with Gasteiger partial charge in [-0.25, -0.2) is 0 Å². The summed E-state index contributed by atoms with van der Waals surface area (Å²) in [6.45, 7) is 0. The first kappa shape index (κ1) is 27.9. The number of fused-ring (bicyclic) bond motifs is 7. The molecule has 226 valence electrons. The van der Waals surface area contributed by atoms with Crippen molar-refractivity contribution in [2.75, 3.05) is 4.90 Å². The fourth-order valence-corrected chi connectivity index (χ4v) is 6.96. The van der Waals surface area contributed by atoms with Crippen molar-refractivity contribution in [1.29, 1.82) is 0 Å². The first-order valence-electron chi connectivity index (χ1n) is 16.3. The Morgan fingerprint density at radius 1 is 0.333 bits per heavy atom. The summed E-state index contributed by atoms with van der Waals surface area (Å²) in [6.07, 6.45) is 0. The van der Waals surface area contributed by atoms with Crippen LogP contribution < -0.4 is 9.64 Å². The van der Waals surface area contributed by atoms with Gasteiger partial charge in [0.1, 0.15) is 11.5 Å². The zero-order valence-electron chi connectivity index (χ0n) is 26.3. The third-order valence-electron chi connectivity index (χ3n) is 9.26. The van der Waals surface area contributed by atoms with Crippen LogP contribution in [0.25, 0.3) is 55.3 Å². The second-order valence-electron chi connectivity index (χ2n) is 12.2. The summed E-state index contributed by atoms with van der Waals surface area (Å²) >= 11 is 0. The summed E-state index contributed by atoms with van der Waals surface area (Å²) in [5.41, 5.74) is 12.5. The summed E-state index contributed by atoms with van der Waals surface area (Å²) in [6, 6.07) is 66.9. The van der Waals surface area contributed by atoms with Crippen molar-refractivity contribution in [3.8, 4) is 56.0 Å². The number of ether oxygens (including phenoxy) is 1. The van der Waals surface area contributed by atoms with Crippen LogP contribution >= 0.6 is 0 Å². The van der Waals surface area contributed by atoms with Crippen LogP contribution in [0.3, 0.4) is 0 Å². The second kappa shape index (κ2) is 11.8. The molecular formula is C46H31NO. The molecule has 2 heteroatoms. The zero-order chi connectivity index (χ0) is 31.9. The predicted octanol–water partition coefficient (Wildman–Crippen LogP) is 13.1. The minimum atomic E-state index is 0.856. The fraction of sp³-hybridized carbons (Fsp3) is 0. The van der Waals surface area contributed by atoms with Crippen molar-refractivity contribution in [2.45, 2.75) is 0 Å². The lowest BCUT2D eigenvalue weighted by Crippen LogP contribution is -2.10. The van der Waals surface area contributed by atoms with Gasteiger partial charge in [-0.2, -0.15) is 0 Å². The van der Waals surface area contributed by atoms with Gasteiger partial charge < -0.3 is 9.64 Å². The van der Waals surface area contributed by atoms with Crippen LogP contribution in [0, 0.1) is 0 Å². The summed E-state index contributed by atoms with van der Waals surface area (Å²) in [5.74, 6) is 1.73. The van der Waals surface area contributed by atoms with E-state index in [4.69, 9.17) is 4.74 Å². The van der Waals surface area contributed by atoms with E-state index in [-0.39, 0.29) is 0 Å². The van der Waals surface area contributed by atoms with E-state index >= 15 is 0 Å². The highest BCUT2D eigenvalue weighted by Crippen LogP contribution is 2.51. The number of hydrogen-bond acceptors (Lipinski definition) is 2. The largest absolute Gasteiger partial charge is 0.456 e. The maximum Gasteiger partial charge on any atom is 0.135 e. The van der Waals surface area contributed by atoms with Gasteiger partial charge in [0.25, 0.3) is 0 Å². The van der Waals surface area contributed by atoms with Crippen LogP contribution in [0.1, 0.15) is 0 Å². The summed E-state index contributed by atoms with van der Waals surface area (Å²) in [4.78, 5) is 2.36. The number of hydrogen-bond donors (Lipinski definition) is 0. The van der Waals surface area contributed by atoms with Crippen molar-refractivity contribution in [1.82, 2.24) is 0 Å². The van der Waals surface area contributed by atoms with E-state index in [1.54, 1.807) is 0 Å². The van der Waals surface area contributed by atoms with Gasteiger partial charge in [-0.1, -0.05) is 140 Å². The van der Waals surface area contributed by atoms with Gasteiger partial charge in [-0.15, -0.1) is 0 Å². The highest BCUT2D eigenvalue weighted by atomic mass is 16.5. The molecule has 0 saturated heterocycles. The standard InChI is InChI=1S/C46H31NO/c1-3-12-32(13-4-1)34-22-25-37(26-23-34)47(38-18-11-17-36(30-38)33-14-5-2-6-15-33)39-27-28-42-43(31-39)41-20-9-10-21-44(41)48-45-29-24-35-16-7-8-19-40(35)46(42)45/h1-31H. The number of nitrogens with zero attached hydrogens (tertiary/aromatic N) is 1. The minimum absolute atomic E-state index is 0.856. The molecule has 1 aliphatic rings. The Kier molecular flexibility index (Phi) is 6.84. The Morgan fingerprint density at radius 3 is 1.77 bits per heavy atom. The van der Waals surface area contributed by atoms with Crippen LogP contribution in [-0.2, 0) is 0 Å². The van der Waals surface area contributed by atoms with Gasteiger partial charge in [0.2, 0.25) is 0 Å². The van der Waals surface area contributed by atoms with Crippen LogP contribution in [0.4, 0.5) is 17.1 Å². The van der Waals surface area contributed by atoms with E-state index in [2.05, 4.69) is 187 Å². The normalized spacial score (nSPS) is 11.5. The Hall–Kier alpha value is -6.38. The monoisotopic (exact) mass is 613 g/mol. The third-order valence-corrected chi connectivity index (χ3v) is 9.26. The molecule has 0 aromatic heterocycles. The summed E-state index contributed by atoms with van der Waals surface area (Å²) in [5, 5.41) is 2.37. The Bertz CT molecular complexity index is 2410. The maximum absolute atomic E-state index is 6.67. The molecule has 0 radical (unpaired) electrons. The van der Waals surface area contributed by atoms with E-state index in [1.807, 2.05) is 6.07 Å². The highest BCUT2D eigenvalue weighted by molar-refractivity contribution is 6.05. The number of para-hydroxylation sites is 1. The molecule has 0 fully saturated rings. The minimum Gasteiger partial charge on any atom is -0.456 e. The molecule has 0 atom stereocenters. The fourth-order valence-electron chi connectivity index (χ4n) is 6.96. The Morgan fingerprint density at radius 2 is 0.958 bits per heavy atom. The average molecular weight is 614 g/mol. The molecule has 0 bridgehead atoms. The molecule has 8 aromatic rings.